The van der Waals surface area contributed by atoms with Crippen LogP contribution in [0.4, 0.5) is 20.6 Å². The van der Waals surface area contributed by atoms with E-state index in [2.05, 4.69) is 10.6 Å². The fraction of sp³-hybridized carbons (Fsp3) is 0.278. The summed E-state index contributed by atoms with van der Waals surface area (Å²) in [6.07, 6.45) is -0.530. The van der Waals surface area contributed by atoms with Crippen LogP contribution in [0.25, 0.3) is 0 Å². The molecule has 0 aliphatic carbocycles. The second-order valence-electron chi connectivity index (χ2n) is 6.12. The Morgan fingerprint density at radius 1 is 1.04 bits per heavy atom. The first kappa shape index (κ1) is 16.8. The Morgan fingerprint density at radius 2 is 1.65 bits per heavy atom. The summed E-state index contributed by atoms with van der Waals surface area (Å²) in [6, 6.07) is 13.8. The van der Waals surface area contributed by atoms with Crippen molar-refractivity contribution in [3.8, 4) is 0 Å². The number of para-hydroxylation sites is 2. The molecule has 0 saturated carbocycles. The van der Waals surface area contributed by atoms with Crippen molar-refractivity contribution in [2.75, 3.05) is 10.6 Å². The zero-order valence-corrected chi connectivity index (χ0v) is 13.5. The molecule has 122 valence electrons. The first-order chi connectivity index (χ1) is 10.8. The summed E-state index contributed by atoms with van der Waals surface area (Å²) in [6.45, 7) is 5.72. The number of rotatable bonds is 4. The largest absolute Gasteiger partial charge is 0.444 e. The van der Waals surface area contributed by atoms with Crippen LogP contribution in [-0.4, -0.2) is 11.7 Å². The molecule has 0 aromatic heterocycles. The van der Waals surface area contributed by atoms with E-state index in [-0.39, 0.29) is 5.82 Å². The quantitative estimate of drug-likeness (QED) is 0.853. The normalized spacial score (nSPS) is 11.0. The standard InChI is InChI=1S/C18H21FN2O2/c1-18(2,3)23-17(22)21-16-11-7-6-10-15(16)20-12-13-8-4-5-9-14(13)19/h4-11,20H,12H2,1-3H3,(H,21,22). The van der Waals surface area contributed by atoms with Gasteiger partial charge in [-0.3, -0.25) is 5.32 Å². The van der Waals surface area contributed by atoms with Gasteiger partial charge < -0.3 is 10.1 Å². The Morgan fingerprint density at radius 3 is 2.30 bits per heavy atom. The monoisotopic (exact) mass is 316 g/mol. The van der Waals surface area contributed by atoms with E-state index in [1.807, 2.05) is 12.1 Å². The molecule has 23 heavy (non-hydrogen) atoms. The molecule has 0 atom stereocenters. The van der Waals surface area contributed by atoms with Gasteiger partial charge in [-0.05, 0) is 39.0 Å². The van der Waals surface area contributed by atoms with Crippen LogP contribution >= 0.6 is 0 Å². The number of carbonyl (C=O) groups is 1. The molecule has 2 rings (SSSR count). The van der Waals surface area contributed by atoms with E-state index in [0.717, 1.165) is 0 Å². The van der Waals surface area contributed by atoms with E-state index in [0.29, 0.717) is 23.5 Å². The van der Waals surface area contributed by atoms with Crippen LogP contribution in [-0.2, 0) is 11.3 Å². The second kappa shape index (κ2) is 7.13. The third-order valence-electron chi connectivity index (χ3n) is 2.99. The average molecular weight is 316 g/mol. The molecule has 0 bridgehead atoms. The highest BCUT2D eigenvalue weighted by Gasteiger charge is 2.17. The van der Waals surface area contributed by atoms with Crippen LogP contribution in [0.3, 0.4) is 0 Å². The lowest BCUT2D eigenvalue weighted by molar-refractivity contribution is 0.0636. The number of nitrogens with one attached hydrogen (secondary N) is 2. The maximum absolute atomic E-state index is 13.7. The maximum atomic E-state index is 13.7. The smallest absolute Gasteiger partial charge is 0.412 e. The first-order valence-electron chi connectivity index (χ1n) is 7.41. The van der Waals surface area contributed by atoms with Gasteiger partial charge in [0, 0.05) is 12.1 Å². The Hall–Kier alpha value is -2.56. The van der Waals surface area contributed by atoms with Gasteiger partial charge in [-0.15, -0.1) is 0 Å². The third kappa shape index (κ3) is 5.29. The van der Waals surface area contributed by atoms with Gasteiger partial charge in [0.1, 0.15) is 11.4 Å². The van der Waals surface area contributed by atoms with Gasteiger partial charge in [-0.2, -0.15) is 0 Å². The highest BCUT2D eigenvalue weighted by Crippen LogP contribution is 2.23. The van der Waals surface area contributed by atoms with E-state index in [4.69, 9.17) is 4.74 Å². The molecule has 5 heteroatoms. The van der Waals surface area contributed by atoms with Gasteiger partial charge >= 0.3 is 6.09 Å². The summed E-state index contributed by atoms with van der Waals surface area (Å²) in [5.74, 6) is -0.266. The summed E-state index contributed by atoms with van der Waals surface area (Å²) in [5.41, 5.74) is 1.26. The molecule has 0 heterocycles. The second-order valence-corrected chi connectivity index (χ2v) is 6.12. The van der Waals surface area contributed by atoms with E-state index < -0.39 is 11.7 Å². The molecule has 0 radical (unpaired) electrons. The van der Waals surface area contributed by atoms with Crippen LogP contribution in [0.2, 0.25) is 0 Å². The minimum atomic E-state index is -0.570. The van der Waals surface area contributed by atoms with Crippen molar-refractivity contribution in [2.45, 2.75) is 32.9 Å². The summed E-state index contributed by atoms with van der Waals surface area (Å²) in [4.78, 5) is 11.9. The van der Waals surface area contributed by atoms with Crippen LogP contribution < -0.4 is 10.6 Å². The van der Waals surface area contributed by atoms with Crippen molar-refractivity contribution in [1.29, 1.82) is 0 Å². The van der Waals surface area contributed by atoms with Gasteiger partial charge in [0.2, 0.25) is 0 Å². The molecule has 0 aliphatic rings. The number of amides is 1. The van der Waals surface area contributed by atoms with Crippen molar-refractivity contribution in [3.05, 3.63) is 59.9 Å². The minimum Gasteiger partial charge on any atom is -0.444 e. The minimum absolute atomic E-state index is 0.266. The number of halogens is 1. The first-order valence-corrected chi connectivity index (χ1v) is 7.41. The summed E-state index contributed by atoms with van der Waals surface area (Å²) in [5, 5.41) is 5.83. The summed E-state index contributed by atoms with van der Waals surface area (Å²) >= 11 is 0. The van der Waals surface area contributed by atoms with E-state index in [9.17, 15) is 9.18 Å². The van der Waals surface area contributed by atoms with E-state index in [1.165, 1.54) is 6.07 Å². The maximum Gasteiger partial charge on any atom is 0.412 e. The van der Waals surface area contributed by atoms with Crippen LogP contribution in [0, 0.1) is 5.82 Å². The molecule has 1 amide bonds. The Kier molecular flexibility index (Phi) is 5.21. The average Bonchev–Trinajstić information content (AvgIpc) is 2.46. The summed E-state index contributed by atoms with van der Waals surface area (Å²) in [7, 11) is 0. The molecule has 0 aliphatic heterocycles. The number of benzene rings is 2. The van der Waals surface area contributed by atoms with Crippen molar-refractivity contribution < 1.29 is 13.9 Å². The highest BCUT2D eigenvalue weighted by molar-refractivity contribution is 5.89. The number of anilines is 2. The molecule has 4 nitrogen and oxygen atoms in total. The fourth-order valence-electron chi connectivity index (χ4n) is 1.99. The molecule has 2 aromatic rings. The van der Waals surface area contributed by atoms with Gasteiger partial charge in [0.25, 0.3) is 0 Å². The van der Waals surface area contributed by atoms with E-state index in [1.54, 1.807) is 51.1 Å². The Bertz CT molecular complexity index is 681. The molecule has 0 saturated heterocycles. The molecular formula is C18H21FN2O2. The Labute approximate surface area is 135 Å². The zero-order valence-electron chi connectivity index (χ0n) is 13.5. The lowest BCUT2D eigenvalue weighted by Crippen LogP contribution is -2.27. The zero-order chi connectivity index (χ0) is 16.9. The van der Waals surface area contributed by atoms with E-state index >= 15 is 0 Å². The molecule has 0 unspecified atom stereocenters. The fourth-order valence-corrected chi connectivity index (χ4v) is 1.99. The molecule has 2 N–H and O–H groups in total. The predicted molar refractivity (Wildman–Crippen MR) is 90.0 cm³/mol. The van der Waals surface area contributed by atoms with Crippen molar-refractivity contribution in [3.63, 3.8) is 0 Å². The molecular weight excluding hydrogens is 295 g/mol. The van der Waals surface area contributed by atoms with Crippen LogP contribution in [0.5, 0.6) is 0 Å². The Balaban J connectivity index is 2.06. The van der Waals surface area contributed by atoms with Crippen molar-refractivity contribution in [2.24, 2.45) is 0 Å². The number of hydrogen-bond donors (Lipinski definition) is 2. The number of carbonyl (C=O) groups excluding carboxylic acids is 1. The van der Waals surface area contributed by atoms with Gasteiger partial charge in [0.05, 0.1) is 11.4 Å². The molecule has 2 aromatic carbocycles. The van der Waals surface area contributed by atoms with Gasteiger partial charge in [0.15, 0.2) is 0 Å². The van der Waals surface area contributed by atoms with Gasteiger partial charge in [-0.25, -0.2) is 9.18 Å². The third-order valence-corrected chi connectivity index (χ3v) is 2.99. The van der Waals surface area contributed by atoms with Crippen LogP contribution in [0.15, 0.2) is 48.5 Å². The lowest BCUT2D eigenvalue weighted by Gasteiger charge is -2.20. The van der Waals surface area contributed by atoms with Gasteiger partial charge in [-0.1, -0.05) is 30.3 Å². The summed E-state index contributed by atoms with van der Waals surface area (Å²) < 4.78 is 18.9. The van der Waals surface area contributed by atoms with Crippen molar-refractivity contribution >= 4 is 17.5 Å². The van der Waals surface area contributed by atoms with Crippen LogP contribution in [0.1, 0.15) is 26.3 Å². The predicted octanol–water partition coefficient (Wildman–Crippen LogP) is 4.78. The number of hydrogen-bond acceptors (Lipinski definition) is 3. The van der Waals surface area contributed by atoms with Crippen molar-refractivity contribution in [1.82, 2.24) is 0 Å². The SMILES string of the molecule is CC(C)(C)OC(=O)Nc1ccccc1NCc1ccccc1F. The molecule has 0 spiro atoms. The number of ether oxygens (including phenoxy) is 1. The molecule has 0 fully saturated rings. The lowest BCUT2D eigenvalue weighted by atomic mass is 10.2. The topological polar surface area (TPSA) is 50.4 Å². The highest BCUT2D eigenvalue weighted by atomic mass is 19.1.